The fourth-order valence-corrected chi connectivity index (χ4v) is 3.72. The van der Waals surface area contributed by atoms with E-state index < -0.39 is 0 Å². The average Bonchev–Trinajstić information content (AvgIpc) is 3.28. The van der Waals surface area contributed by atoms with Gasteiger partial charge in [-0.25, -0.2) is 4.79 Å². The first-order valence-corrected chi connectivity index (χ1v) is 9.88. The first-order chi connectivity index (χ1) is 13.6. The fourth-order valence-electron chi connectivity index (χ4n) is 3.50. The molecule has 0 spiro atoms. The molecule has 2 aromatic carbocycles. The second-order valence-electron chi connectivity index (χ2n) is 6.81. The highest BCUT2D eigenvalue weighted by Gasteiger charge is 2.23. The maximum absolute atomic E-state index is 11.6. The number of ether oxygens (including phenoxy) is 2. The van der Waals surface area contributed by atoms with Crippen molar-refractivity contribution < 1.29 is 14.3 Å². The normalized spacial score (nSPS) is 15.1. The monoisotopic (exact) mass is 398 g/mol. The van der Waals surface area contributed by atoms with E-state index in [0.29, 0.717) is 10.6 Å². The van der Waals surface area contributed by atoms with E-state index >= 15 is 0 Å². The van der Waals surface area contributed by atoms with Gasteiger partial charge in [0.05, 0.1) is 25.8 Å². The number of hydrogen-bond donors (Lipinski definition) is 1. The van der Waals surface area contributed by atoms with Gasteiger partial charge < -0.3 is 14.8 Å². The molecule has 0 aliphatic carbocycles. The third-order valence-corrected chi connectivity index (χ3v) is 5.49. The minimum absolute atomic E-state index is 0.251. The Morgan fingerprint density at radius 2 is 1.64 bits per heavy atom. The van der Waals surface area contributed by atoms with Crippen LogP contribution in [0.4, 0.5) is 0 Å². The summed E-state index contributed by atoms with van der Waals surface area (Å²) in [6.07, 6.45) is 2.46. The number of hydrogen-bond acceptors (Lipinski definition) is 5. The van der Waals surface area contributed by atoms with Crippen LogP contribution in [0.3, 0.4) is 0 Å². The predicted octanol–water partition coefficient (Wildman–Crippen LogP) is 3.58. The molecule has 6 heteroatoms. The Hall–Kier alpha value is -2.44. The van der Waals surface area contributed by atoms with Crippen molar-refractivity contribution in [2.45, 2.75) is 18.9 Å². The Balaban J connectivity index is 1.68. The molecule has 148 valence electrons. The maximum Gasteiger partial charge on any atom is 0.337 e. The van der Waals surface area contributed by atoms with Gasteiger partial charge in [0.2, 0.25) is 0 Å². The summed E-state index contributed by atoms with van der Waals surface area (Å²) in [5.74, 6) is 0.511. The number of methoxy groups -OCH3 is 2. The molecular weight excluding hydrogens is 372 g/mol. The highest BCUT2D eigenvalue weighted by atomic mass is 32.1. The van der Waals surface area contributed by atoms with Gasteiger partial charge >= 0.3 is 5.97 Å². The molecule has 0 bridgehead atoms. The van der Waals surface area contributed by atoms with Crippen LogP contribution in [0.2, 0.25) is 0 Å². The molecule has 1 aliphatic rings. The van der Waals surface area contributed by atoms with Crippen molar-refractivity contribution in [1.82, 2.24) is 10.2 Å². The molecule has 1 heterocycles. The van der Waals surface area contributed by atoms with Crippen LogP contribution >= 0.6 is 12.2 Å². The Morgan fingerprint density at radius 3 is 2.21 bits per heavy atom. The number of carbonyl (C=O) groups is 1. The number of carbonyl (C=O) groups excluding carboxylic acids is 1. The first kappa shape index (κ1) is 20.3. The van der Waals surface area contributed by atoms with E-state index in [1.165, 1.54) is 25.5 Å². The first-order valence-electron chi connectivity index (χ1n) is 9.47. The van der Waals surface area contributed by atoms with Crippen molar-refractivity contribution in [1.29, 1.82) is 0 Å². The molecule has 28 heavy (non-hydrogen) atoms. The third kappa shape index (κ3) is 4.88. The highest BCUT2D eigenvalue weighted by molar-refractivity contribution is 7.80. The van der Waals surface area contributed by atoms with Gasteiger partial charge in [-0.3, -0.25) is 4.90 Å². The Morgan fingerprint density at radius 1 is 1.04 bits per heavy atom. The van der Waals surface area contributed by atoms with Crippen LogP contribution in [-0.4, -0.2) is 49.7 Å². The van der Waals surface area contributed by atoms with Gasteiger partial charge in [0.15, 0.2) is 0 Å². The molecule has 0 unspecified atom stereocenters. The van der Waals surface area contributed by atoms with Crippen molar-refractivity contribution in [3.8, 4) is 5.75 Å². The maximum atomic E-state index is 11.6. The number of rotatable bonds is 7. The minimum atomic E-state index is -0.348. The number of benzene rings is 2. The van der Waals surface area contributed by atoms with Crippen molar-refractivity contribution >= 4 is 23.2 Å². The minimum Gasteiger partial charge on any atom is -0.497 e. The lowest BCUT2D eigenvalue weighted by molar-refractivity contribution is 0.0600. The largest absolute Gasteiger partial charge is 0.497 e. The van der Waals surface area contributed by atoms with E-state index in [4.69, 9.17) is 21.7 Å². The fraction of sp³-hybridized carbons (Fsp3) is 0.364. The molecule has 3 rings (SSSR count). The highest BCUT2D eigenvalue weighted by Crippen LogP contribution is 2.26. The summed E-state index contributed by atoms with van der Waals surface area (Å²) < 4.78 is 10.0. The number of nitrogens with zero attached hydrogens (tertiary/aromatic N) is 1. The molecule has 1 fully saturated rings. The van der Waals surface area contributed by atoms with Crippen LogP contribution in [0.25, 0.3) is 0 Å². The third-order valence-electron chi connectivity index (χ3n) is 5.11. The van der Waals surface area contributed by atoms with Crippen molar-refractivity contribution in [3.63, 3.8) is 0 Å². The summed E-state index contributed by atoms with van der Waals surface area (Å²) in [4.78, 5) is 14.7. The molecule has 5 nitrogen and oxygen atoms in total. The summed E-state index contributed by atoms with van der Waals surface area (Å²) in [7, 11) is 3.05. The van der Waals surface area contributed by atoms with Crippen molar-refractivity contribution in [2.24, 2.45) is 0 Å². The Bertz CT molecular complexity index is 800. The topological polar surface area (TPSA) is 50.8 Å². The van der Waals surface area contributed by atoms with E-state index in [-0.39, 0.29) is 12.0 Å². The second-order valence-corrected chi connectivity index (χ2v) is 7.22. The number of nitrogens with one attached hydrogen (secondary N) is 1. The van der Waals surface area contributed by atoms with Gasteiger partial charge in [-0.15, -0.1) is 0 Å². The SMILES string of the molecule is COC(=O)c1ccc(C(=S)NC[C@H](c2ccc(OC)cc2)N2CCCC2)cc1. The van der Waals surface area contributed by atoms with E-state index in [2.05, 4.69) is 22.3 Å². The summed E-state index contributed by atoms with van der Waals surface area (Å²) in [6.45, 7) is 2.92. The summed E-state index contributed by atoms with van der Waals surface area (Å²) in [5, 5.41) is 3.41. The lowest BCUT2D eigenvalue weighted by Crippen LogP contribution is -2.36. The quantitative estimate of drug-likeness (QED) is 0.568. The summed E-state index contributed by atoms with van der Waals surface area (Å²) in [5.41, 5.74) is 2.65. The lowest BCUT2D eigenvalue weighted by Gasteiger charge is -2.29. The molecule has 1 saturated heterocycles. The molecule has 1 atom stereocenters. The predicted molar refractivity (Wildman–Crippen MR) is 114 cm³/mol. The van der Waals surface area contributed by atoms with Crippen LogP contribution in [0.1, 0.15) is 40.4 Å². The van der Waals surface area contributed by atoms with Gasteiger partial charge in [0, 0.05) is 12.1 Å². The number of esters is 1. The Labute approximate surface area is 171 Å². The molecule has 1 N–H and O–H groups in total. The standard InChI is InChI=1S/C22H26N2O3S/c1-26-19-11-9-16(10-12-19)20(24-13-3-4-14-24)15-23-21(28)17-5-7-18(8-6-17)22(25)27-2/h5-12,20H,3-4,13-15H2,1-2H3,(H,23,28)/t20-/m1/s1. The van der Waals surface area contributed by atoms with E-state index in [1.54, 1.807) is 19.2 Å². The molecular formula is C22H26N2O3S. The zero-order valence-electron chi connectivity index (χ0n) is 16.3. The van der Waals surface area contributed by atoms with Crippen LogP contribution in [0, 0.1) is 0 Å². The molecule has 0 aromatic heterocycles. The van der Waals surface area contributed by atoms with Gasteiger partial charge in [-0.05, 0) is 55.8 Å². The van der Waals surface area contributed by atoms with Crippen molar-refractivity contribution in [2.75, 3.05) is 33.9 Å². The van der Waals surface area contributed by atoms with E-state index in [1.807, 2.05) is 24.3 Å². The zero-order chi connectivity index (χ0) is 19.9. The van der Waals surface area contributed by atoms with Crippen molar-refractivity contribution in [3.05, 3.63) is 65.2 Å². The van der Waals surface area contributed by atoms with Crippen LogP contribution < -0.4 is 10.1 Å². The molecule has 0 amide bonds. The number of likely N-dealkylation sites (tertiary alicyclic amines) is 1. The van der Waals surface area contributed by atoms with Gasteiger partial charge in [-0.2, -0.15) is 0 Å². The molecule has 1 aliphatic heterocycles. The number of thiocarbonyl (C=S) groups is 1. The summed E-state index contributed by atoms with van der Waals surface area (Å²) in [6, 6.07) is 15.7. The van der Waals surface area contributed by atoms with Crippen LogP contribution in [0.5, 0.6) is 5.75 Å². The smallest absolute Gasteiger partial charge is 0.337 e. The van der Waals surface area contributed by atoms with E-state index in [0.717, 1.165) is 30.9 Å². The average molecular weight is 399 g/mol. The molecule has 0 saturated carbocycles. The van der Waals surface area contributed by atoms with Crippen LogP contribution in [-0.2, 0) is 4.74 Å². The van der Waals surface area contributed by atoms with Crippen LogP contribution in [0.15, 0.2) is 48.5 Å². The molecule has 2 aromatic rings. The second kappa shape index (κ2) is 9.66. The summed E-state index contributed by atoms with van der Waals surface area (Å²) >= 11 is 5.57. The molecule has 0 radical (unpaired) electrons. The lowest BCUT2D eigenvalue weighted by atomic mass is 10.0. The zero-order valence-corrected chi connectivity index (χ0v) is 17.1. The van der Waals surface area contributed by atoms with Gasteiger partial charge in [0.25, 0.3) is 0 Å². The van der Waals surface area contributed by atoms with Gasteiger partial charge in [0.1, 0.15) is 10.7 Å². The van der Waals surface area contributed by atoms with Gasteiger partial charge in [-0.1, -0.05) is 36.5 Å². The Kier molecular flexibility index (Phi) is 7.01. The van der Waals surface area contributed by atoms with E-state index in [9.17, 15) is 4.79 Å².